The normalized spacial score (nSPS) is 11.3. The van der Waals surface area contributed by atoms with Gasteiger partial charge in [-0.15, -0.1) is 0 Å². The van der Waals surface area contributed by atoms with Crippen molar-refractivity contribution in [3.63, 3.8) is 0 Å². The Morgan fingerprint density at radius 1 is 1.16 bits per heavy atom. The minimum Gasteiger partial charge on any atom is -0.508 e. The number of phenolic OH excluding ortho intramolecular Hbond substituents is 2. The van der Waals surface area contributed by atoms with Crippen LogP contribution in [0, 0.1) is 17.8 Å². The van der Waals surface area contributed by atoms with Gasteiger partial charge in [-0.3, -0.25) is 4.79 Å². The summed E-state index contributed by atoms with van der Waals surface area (Å²) in [5, 5.41) is 21.7. The molecule has 19 heavy (non-hydrogen) atoms. The summed E-state index contributed by atoms with van der Waals surface area (Å²) >= 11 is 0. The van der Waals surface area contributed by atoms with Gasteiger partial charge in [0.25, 0.3) is 5.91 Å². The molecule has 0 aliphatic heterocycles. The largest absolute Gasteiger partial charge is 0.508 e. The Kier molecular flexibility index (Phi) is 5.21. The molecule has 1 amide bonds. The molecule has 0 aliphatic carbocycles. The van der Waals surface area contributed by atoms with Crippen LogP contribution in [0.25, 0.3) is 0 Å². The summed E-state index contributed by atoms with van der Waals surface area (Å²) in [7, 11) is 0. The van der Waals surface area contributed by atoms with Crippen molar-refractivity contribution in [3.05, 3.63) is 23.8 Å². The number of aromatic hydroxyl groups is 2. The number of rotatable bonds is 5. The predicted molar refractivity (Wildman–Crippen MR) is 75.3 cm³/mol. The highest BCUT2D eigenvalue weighted by atomic mass is 16.3. The Bertz CT molecular complexity index is 433. The van der Waals surface area contributed by atoms with E-state index in [1.54, 1.807) is 0 Å². The van der Waals surface area contributed by atoms with Crippen molar-refractivity contribution in [2.75, 3.05) is 6.54 Å². The van der Waals surface area contributed by atoms with E-state index < -0.39 is 0 Å². The van der Waals surface area contributed by atoms with Gasteiger partial charge in [-0.05, 0) is 29.9 Å². The van der Waals surface area contributed by atoms with Crippen molar-refractivity contribution in [1.82, 2.24) is 5.32 Å². The Morgan fingerprint density at radius 3 is 2.21 bits per heavy atom. The highest BCUT2D eigenvalue weighted by molar-refractivity contribution is 5.96. The lowest BCUT2D eigenvalue weighted by Gasteiger charge is -2.25. The van der Waals surface area contributed by atoms with E-state index in [1.807, 2.05) is 0 Å². The van der Waals surface area contributed by atoms with E-state index in [4.69, 9.17) is 0 Å². The van der Waals surface area contributed by atoms with E-state index in [-0.39, 0.29) is 23.0 Å². The molecule has 106 valence electrons. The molecule has 0 aliphatic rings. The van der Waals surface area contributed by atoms with Crippen LogP contribution in [0.15, 0.2) is 18.2 Å². The average Bonchev–Trinajstić information content (AvgIpc) is 2.27. The molecule has 4 nitrogen and oxygen atoms in total. The summed E-state index contributed by atoms with van der Waals surface area (Å²) in [6.07, 6.45) is 0. The van der Waals surface area contributed by atoms with Gasteiger partial charge in [0, 0.05) is 12.6 Å². The van der Waals surface area contributed by atoms with Crippen LogP contribution in [0.1, 0.15) is 38.1 Å². The van der Waals surface area contributed by atoms with Crippen molar-refractivity contribution in [1.29, 1.82) is 0 Å². The molecule has 3 N–H and O–H groups in total. The van der Waals surface area contributed by atoms with Gasteiger partial charge < -0.3 is 15.5 Å². The molecule has 0 atom stereocenters. The average molecular weight is 265 g/mol. The Hall–Kier alpha value is -1.71. The summed E-state index contributed by atoms with van der Waals surface area (Å²) < 4.78 is 0. The van der Waals surface area contributed by atoms with Crippen LogP contribution >= 0.6 is 0 Å². The standard InChI is InChI=1S/C15H23NO3/c1-9(2)13(10(3)4)8-16-15(19)12-6-5-11(17)7-14(12)18/h5-7,9-10,13,17-18H,8H2,1-4H3,(H,16,19). The molecular formula is C15H23NO3. The minimum atomic E-state index is -0.316. The van der Waals surface area contributed by atoms with Crippen LogP contribution in [-0.2, 0) is 0 Å². The number of amides is 1. The van der Waals surface area contributed by atoms with Crippen molar-refractivity contribution < 1.29 is 15.0 Å². The van der Waals surface area contributed by atoms with Crippen LogP contribution in [-0.4, -0.2) is 22.7 Å². The van der Waals surface area contributed by atoms with Crippen molar-refractivity contribution in [2.45, 2.75) is 27.7 Å². The van der Waals surface area contributed by atoms with Gasteiger partial charge in [-0.2, -0.15) is 0 Å². The van der Waals surface area contributed by atoms with E-state index in [1.165, 1.54) is 12.1 Å². The molecule has 0 heterocycles. The Labute approximate surface area is 114 Å². The SMILES string of the molecule is CC(C)C(CNC(=O)c1ccc(O)cc1O)C(C)C. The molecule has 0 saturated heterocycles. The first kappa shape index (κ1) is 15.3. The zero-order valence-electron chi connectivity index (χ0n) is 12.0. The van der Waals surface area contributed by atoms with Crippen LogP contribution in [0.2, 0.25) is 0 Å². The van der Waals surface area contributed by atoms with E-state index in [0.717, 1.165) is 6.07 Å². The molecule has 1 aromatic rings. The molecule has 0 aromatic heterocycles. The van der Waals surface area contributed by atoms with Gasteiger partial charge in [0.2, 0.25) is 0 Å². The quantitative estimate of drug-likeness (QED) is 0.766. The van der Waals surface area contributed by atoms with Crippen LogP contribution in [0.3, 0.4) is 0 Å². The summed E-state index contributed by atoms with van der Waals surface area (Å²) in [5.41, 5.74) is 0.184. The number of nitrogens with one attached hydrogen (secondary N) is 1. The first-order valence-electron chi connectivity index (χ1n) is 6.63. The lowest BCUT2D eigenvalue weighted by atomic mass is 9.85. The zero-order chi connectivity index (χ0) is 14.6. The van der Waals surface area contributed by atoms with E-state index in [0.29, 0.717) is 24.3 Å². The maximum Gasteiger partial charge on any atom is 0.255 e. The summed E-state index contributed by atoms with van der Waals surface area (Å²) in [5.74, 6) is 0.772. The van der Waals surface area contributed by atoms with Gasteiger partial charge in [0.15, 0.2) is 0 Å². The maximum absolute atomic E-state index is 12.0. The molecule has 1 rings (SSSR count). The molecule has 0 saturated carbocycles. The summed E-state index contributed by atoms with van der Waals surface area (Å²) in [6.45, 7) is 9.11. The van der Waals surface area contributed by atoms with Crippen LogP contribution in [0.5, 0.6) is 11.5 Å². The van der Waals surface area contributed by atoms with Gasteiger partial charge in [0.05, 0.1) is 5.56 Å². The fourth-order valence-corrected chi connectivity index (χ4v) is 2.26. The van der Waals surface area contributed by atoms with E-state index in [9.17, 15) is 15.0 Å². The molecule has 0 spiro atoms. The smallest absolute Gasteiger partial charge is 0.255 e. The first-order chi connectivity index (χ1) is 8.82. The molecular weight excluding hydrogens is 242 g/mol. The second-order valence-corrected chi connectivity index (χ2v) is 5.56. The third kappa shape index (κ3) is 4.16. The lowest BCUT2D eigenvalue weighted by Crippen LogP contribution is -2.33. The van der Waals surface area contributed by atoms with E-state index in [2.05, 4.69) is 33.0 Å². The highest BCUT2D eigenvalue weighted by Crippen LogP contribution is 2.23. The van der Waals surface area contributed by atoms with E-state index >= 15 is 0 Å². The molecule has 4 heteroatoms. The second-order valence-electron chi connectivity index (χ2n) is 5.56. The third-order valence-corrected chi connectivity index (χ3v) is 3.44. The summed E-state index contributed by atoms with van der Waals surface area (Å²) in [6, 6.07) is 3.97. The molecule has 0 fully saturated rings. The number of benzene rings is 1. The number of carbonyl (C=O) groups is 1. The zero-order valence-corrected chi connectivity index (χ0v) is 12.0. The van der Waals surface area contributed by atoms with Crippen molar-refractivity contribution in [2.24, 2.45) is 17.8 Å². The molecule has 0 radical (unpaired) electrons. The van der Waals surface area contributed by atoms with Gasteiger partial charge in [0.1, 0.15) is 11.5 Å². The Morgan fingerprint density at radius 2 is 1.74 bits per heavy atom. The fourth-order valence-electron chi connectivity index (χ4n) is 2.26. The van der Waals surface area contributed by atoms with Crippen LogP contribution < -0.4 is 5.32 Å². The molecule has 0 bridgehead atoms. The lowest BCUT2D eigenvalue weighted by molar-refractivity contribution is 0.0934. The number of carbonyl (C=O) groups excluding carboxylic acids is 1. The summed E-state index contributed by atoms with van der Waals surface area (Å²) in [4.78, 5) is 12.0. The number of hydrogen-bond donors (Lipinski definition) is 3. The first-order valence-corrected chi connectivity index (χ1v) is 6.63. The predicted octanol–water partition coefficient (Wildman–Crippen LogP) is 2.76. The molecule has 0 unspecified atom stereocenters. The monoisotopic (exact) mass is 265 g/mol. The topological polar surface area (TPSA) is 69.6 Å². The van der Waals surface area contributed by atoms with Crippen LogP contribution in [0.4, 0.5) is 0 Å². The minimum absolute atomic E-state index is 0.0590. The van der Waals surface area contributed by atoms with Gasteiger partial charge in [-0.25, -0.2) is 0 Å². The number of hydrogen-bond acceptors (Lipinski definition) is 3. The highest BCUT2D eigenvalue weighted by Gasteiger charge is 2.19. The van der Waals surface area contributed by atoms with Gasteiger partial charge in [-0.1, -0.05) is 27.7 Å². The van der Waals surface area contributed by atoms with Crippen molar-refractivity contribution in [3.8, 4) is 11.5 Å². The molecule has 1 aromatic carbocycles. The maximum atomic E-state index is 12.0. The second kappa shape index (κ2) is 6.45. The number of phenols is 2. The van der Waals surface area contributed by atoms with Gasteiger partial charge >= 0.3 is 0 Å². The fraction of sp³-hybridized carbons (Fsp3) is 0.533. The third-order valence-electron chi connectivity index (χ3n) is 3.44. The Balaban J connectivity index is 2.69. The van der Waals surface area contributed by atoms with Crippen molar-refractivity contribution >= 4 is 5.91 Å².